The van der Waals surface area contributed by atoms with Crippen LogP contribution in [-0.4, -0.2) is 27.7 Å². The van der Waals surface area contributed by atoms with Crippen LogP contribution in [-0.2, 0) is 0 Å². The molecule has 150 valence electrons. The molecule has 0 fully saturated rings. The molecule has 0 saturated heterocycles. The fourth-order valence-electron chi connectivity index (χ4n) is 3.22. The van der Waals surface area contributed by atoms with Crippen molar-refractivity contribution in [1.82, 2.24) is 9.55 Å². The second-order valence-corrected chi connectivity index (χ2v) is 8.05. The van der Waals surface area contributed by atoms with E-state index in [-0.39, 0.29) is 11.3 Å². The van der Waals surface area contributed by atoms with Gasteiger partial charge in [0.05, 0.1) is 29.0 Å². The number of thioether (sulfide) groups is 1. The molecule has 0 N–H and O–H groups in total. The maximum Gasteiger partial charge on any atom is 0.266 e. The second kappa shape index (κ2) is 8.55. The minimum absolute atomic E-state index is 0.0137. The smallest absolute Gasteiger partial charge is 0.266 e. The molecule has 1 heterocycles. The fourth-order valence-corrected chi connectivity index (χ4v) is 4.22. The number of ketones is 1. The van der Waals surface area contributed by atoms with Gasteiger partial charge >= 0.3 is 0 Å². The molecule has 1 aromatic heterocycles. The summed E-state index contributed by atoms with van der Waals surface area (Å²) >= 11 is 1.27. The Kier molecular flexibility index (Phi) is 5.68. The van der Waals surface area contributed by atoms with E-state index in [0.717, 1.165) is 0 Å². The molecule has 0 aliphatic heterocycles. The fraction of sp³-hybridized carbons (Fsp3) is 0.125. The van der Waals surface area contributed by atoms with Crippen molar-refractivity contribution in [2.75, 3.05) is 7.11 Å². The van der Waals surface area contributed by atoms with Gasteiger partial charge in [-0.25, -0.2) is 4.98 Å². The van der Waals surface area contributed by atoms with Crippen molar-refractivity contribution in [1.29, 1.82) is 0 Å². The van der Waals surface area contributed by atoms with Crippen LogP contribution in [0.1, 0.15) is 17.3 Å². The standard InChI is InChI=1S/C24H20N2O3S/c1-16(22(27)17-9-4-3-5-10-17)30-24-25-21-14-7-6-13-20(21)23(28)26(24)18-11-8-12-19(15-18)29-2/h3-16H,1-2H3. The van der Waals surface area contributed by atoms with Gasteiger partial charge in [0.1, 0.15) is 5.75 Å². The van der Waals surface area contributed by atoms with Gasteiger partial charge in [-0.1, -0.05) is 60.3 Å². The minimum atomic E-state index is -0.419. The molecule has 3 aromatic carbocycles. The number of hydrogen-bond acceptors (Lipinski definition) is 5. The summed E-state index contributed by atoms with van der Waals surface area (Å²) in [4.78, 5) is 31.0. The molecule has 5 nitrogen and oxygen atoms in total. The zero-order chi connectivity index (χ0) is 21.1. The highest BCUT2D eigenvalue weighted by Gasteiger charge is 2.21. The lowest BCUT2D eigenvalue weighted by atomic mass is 10.1. The Morgan fingerprint density at radius 3 is 2.50 bits per heavy atom. The molecule has 0 bridgehead atoms. The van der Waals surface area contributed by atoms with Crippen LogP contribution in [0.5, 0.6) is 5.75 Å². The second-order valence-electron chi connectivity index (χ2n) is 6.74. The summed E-state index contributed by atoms with van der Waals surface area (Å²) in [6.07, 6.45) is 0. The van der Waals surface area contributed by atoms with Crippen LogP contribution in [0.2, 0.25) is 0 Å². The molecule has 30 heavy (non-hydrogen) atoms. The van der Waals surface area contributed by atoms with Crippen LogP contribution in [0.25, 0.3) is 16.6 Å². The predicted octanol–water partition coefficient (Wildman–Crippen LogP) is 4.76. The molecule has 4 aromatic rings. The first-order valence-corrected chi connectivity index (χ1v) is 10.4. The highest BCUT2D eigenvalue weighted by atomic mass is 32.2. The number of methoxy groups -OCH3 is 1. The number of benzene rings is 3. The van der Waals surface area contributed by atoms with Crippen LogP contribution in [0, 0.1) is 0 Å². The molecule has 0 aliphatic rings. The first-order valence-electron chi connectivity index (χ1n) is 9.50. The minimum Gasteiger partial charge on any atom is -0.497 e. The molecule has 0 spiro atoms. The van der Waals surface area contributed by atoms with E-state index in [0.29, 0.717) is 33.1 Å². The Morgan fingerprint density at radius 1 is 1.00 bits per heavy atom. The van der Waals surface area contributed by atoms with Gasteiger partial charge in [0.25, 0.3) is 5.56 Å². The van der Waals surface area contributed by atoms with Crippen molar-refractivity contribution in [3.8, 4) is 11.4 Å². The zero-order valence-corrected chi connectivity index (χ0v) is 17.4. The normalized spacial score (nSPS) is 11.9. The van der Waals surface area contributed by atoms with Gasteiger partial charge in [-0.3, -0.25) is 14.2 Å². The van der Waals surface area contributed by atoms with Gasteiger partial charge in [0.2, 0.25) is 0 Å². The molecule has 0 aliphatic carbocycles. The number of nitrogens with zero attached hydrogens (tertiary/aromatic N) is 2. The molecule has 1 unspecified atom stereocenters. The summed E-state index contributed by atoms with van der Waals surface area (Å²) in [5.41, 5.74) is 1.69. The Bertz CT molecular complexity index is 1270. The van der Waals surface area contributed by atoms with E-state index in [1.807, 2.05) is 55.5 Å². The summed E-state index contributed by atoms with van der Waals surface area (Å²) in [6, 6.07) is 23.6. The molecule has 0 amide bonds. The monoisotopic (exact) mass is 416 g/mol. The van der Waals surface area contributed by atoms with Crippen LogP contribution in [0.4, 0.5) is 0 Å². The average molecular weight is 417 g/mol. The number of fused-ring (bicyclic) bond motifs is 1. The highest BCUT2D eigenvalue weighted by molar-refractivity contribution is 8.00. The van der Waals surface area contributed by atoms with Gasteiger partial charge in [-0.15, -0.1) is 0 Å². The lowest BCUT2D eigenvalue weighted by molar-refractivity contribution is 0.0994. The van der Waals surface area contributed by atoms with E-state index in [2.05, 4.69) is 0 Å². The zero-order valence-electron chi connectivity index (χ0n) is 16.6. The topological polar surface area (TPSA) is 61.2 Å². The largest absolute Gasteiger partial charge is 0.497 e. The summed E-state index contributed by atoms with van der Waals surface area (Å²) in [6.45, 7) is 1.83. The Morgan fingerprint density at radius 2 is 1.73 bits per heavy atom. The van der Waals surface area contributed by atoms with Crippen molar-refractivity contribution < 1.29 is 9.53 Å². The number of carbonyl (C=O) groups is 1. The molecule has 0 radical (unpaired) electrons. The summed E-state index contributed by atoms with van der Waals surface area (Å²) < 4.78 is 6.87. The van der Waals surface area contributed by atoms with Gasteiger partial charge in [0.15, 0.2) is 10.9 Å². The third-order valence-corrected chi connectivity index (χ3v) is 5.82. The molecule has 4 rings (SSSR count). The maximum absolute atomic E-state index is 13.4. The number of hydrogen-bond donors (Lipinski definition) is 0. The first kappa shape index (κ1) is 19.9. The van der Waals surface area contributed by atoms with E-state index in [1.54, 1.807) is 42.0 Å². The van der Waals surface area contributed by atoms with Crippen LogP contribution >= 0.6 is 11.8 Å². The molecular formula is C24H20N2O3S. The summed E-state index contributed by atoms with van der Waals surface area (Å²) in [5, 5.41) is 0.563. The number of para-hydroxylation sites is 1. The Hall–Kier alpha value is -3.38. The third kappa shape index (κ3) is 3.86. The SMILES string of the molecule is COc1cccc(-n2c(SC(C)C(=O)c3ccccc3)nc3ccccc3c2=O)c1. The number of carbonyl (C=O) groups excluding carboxylic acids is 1. The van der Waals surface area contributed by atoms with E-state index in [9.17, 15) is 9.59 Å². The lowest BCUT2D eigenvalue weighted by Gasteiger charge is -2.16. The van der Waals surface area contributed by atoms with E-state index >= 15 is 0 Å². The quantitative estimate of drug-likeness (QED) is 0.258. The van der Waals surface area contributed by atoms with Crippen LogP contribution < -0.4 is 10.3 Å². The van der Waals surface area contributed by atoms with E-state index in [1.165, 1.54) is 11.8 Å². The van der Waals surface area contributed by atoms with Crippen molar-refractivity contribution in [2.45, 2.75) is 17.3 Å². The van der Waals surface area contributed by atoms with Crippen LogP contribution in [0.15, 0.2) is 88.8 Å². The number of rotatable bonds is 6. The number of Topliss-reactive ketones (excluding diaryl/α,β-unsaturated/α-hetero) is 1. The lowest BCUT2D eigenvalue weighted by Crippen LogP contribution is -2.23. The van der Waals surface area contributed by atoms with Crippen molar-refractivity contribution in [3.63, 3.8) is 0 Å². The molecule has 0 saturated carbocycles. The first-order chi connectivity index (χ1) is 14.6. The Balaban J connectivity index is 1.83. The number of aromatic nitrogens is 2. The number of ether oxygens (including phenoxy) is 1. The van der Waals surface area contributed by atoms with Crippen LogP contribution in [0.3, 0.4) is 0 Å². The van der Waals surface area contributed by atoms with E-state index < -0.39 is 5.25 Å². The molecule has 1 atom stereocenters. The Labute approximate surface area is 178 Å². The highest BCUT2D eigenvalue weighted by Crippen LogP contribution is 2.28. The van der Waals surface area contributed by atoms with Crippen molar-refractivity contribution in [3.05, 3.63) is 94.8 Å². The van der Waals surface area contributed by atoms with Gasteiger partial charge < -0.3 is 4.74 Å². The predicted molar refractivity (Wildman–Crippen MR) is 120 cm³/mol. The van der Waals surface area contributed by atoms with Crippen molar-refractivity contribution in [2.24, 2.45) is 0 Å². The molecular weight excluding hydrogens is 396 g/mol. The maximum atomic E-state index is 13.4. The average Bonchev–Trinajstić information content (AvgIpc) is 2.79. The van der Waals surface area contributed by atoms with Gasteiger partial charge in [0, 0.05) is 11.6 Å². The molecule has 6 heteroatoms. The summed E-state index contributed by atoms with van der Waals surface area (Å²) in [7, 11) is 1.58. The van der Waals surface area contributed by atoms with Gasteiger partial charge in [-0.2, -0.15) is 0 Å². The van der Waals surface area contributed by atoms with Gasteiger partial charge in [-0.05, 0) is 31.2 Å². The summed E-state index contributed by atoms with van der Waals surface area (Å²) in [5.74, 6) is 0.622. The van der Waals surface area contributed by atoms with E-state index in [4.69, 9.17) is 9.72 Å². The third-order valence-electron chi connectivity index (χ3n) is 4.77. The van der Waals surface area contributed by atoms with Crippen molar-refractivity contribution >= 4 is 28.4 Å².